The van der Waals surface area contributed by atoms with E-state index in [1.165, 1.54) is 14.9 Å². The summed E-state index contributed by atoms with van der Waals surface area (Å²) in [5, 5.41) is 5.45. The molecule has 15 heteroatoms. The van der Waals surface area contributed by atoms with Gasteiger partial charge in [-0.2, -0.15) is 4.98 Å². The zero-order chi connectivity index (χ0) is 48.1. The first-order chi connectivity index (χ1) is 33.6. The first kappa shape index (κ1) is 48.5. The van der Waals surface area contributed by atoms with E-state index in [2.05, 4.69) is 94.3 Å². The molecule has 3 aliphatic heterocycles. The Bertz CT molecular complexity index is 2610. The van der Waals surface area contributed by atoms with E-state index in [4.69, 9.17) is 32.7 Å². The third kappa shape index (κ3) is 9.82. The van der Waals surface area contributed by atoms with Gasteiger partial charge in [0.25, 0.3) is 8.53 Å². The van der Waals surface area contributed by atoms with Crippen LogP contribution in [0.25, 0.3) is 0 Å². The van der Waals surface area contributed by atoms with Crippen LogP contribution in [0.5, 0.6) is 11.5 Å². The summed E-state index contributed by atoms with van der Waals surface area (Å²) < 4.78 is 50.3. The molecule has 1 N–H and O–H groups in total. The van der Waals surface area contributed by atoms with Crippen LogP contribution < -0.4 is 30.9 Å². The second kappa shape index (κ2) is 21.2. The molecule has 360 valence electrons. The van der Waals surface area contributed by atoms with E-state index in [9.17, 15) is 9.59 Å². The summed E-state index contributed by atoms with van der Waals surface area (Å²) in [5.74, 6) is 1.01. The van der Waals surface area contributed by atoms with Crippen molar-refractivity contribution in [1.29, 1.82) is 0 Å². The van der Waals surface area contributed by atoms with Gasteiger partial charge in [-0.1, -0.05) is 146 Å². The fourth-order valence-electron chi connectivity index (χ4n) is 10.1. The second-order valence-electron chi connectivity index (χ2n) is 18.3. The Balaban J connectivity index is 1.09. The fourth-order valence-corrected chi connectivity index (χ4v) is 16.0. The van der Waals surface area contributed by atoms with Gasteiger partial charge in [0.05, 0.1) is 26.9 Å². The average Bonchev–Trinajstić information content (AvgIpc) is 4.10. The quantitative estimate of drug-likeness (QED) is 0.0509. The molecular weight excluding hydrogens is 908 g/mol. The molecule has 6 aromatic rings. The Hall–Kier alpha value is -5.54. The van der Waals surface area contributed by atoms with Crippen molar-refractivity contribution in [3.8, 4) is 11.5 Å². The van der Waals surface area contributed by atoms with Crippen LogP contribution in [0.4, 0.5) is 5.82 Å². The van der Waals surface area contributed by atoms with Gasteiger partial charge in [0.15, 0.2) is 6.23 Å². The average molecular weight is 969 g/mol. The number of anilines is 1. The third-order valence-corrected chi connectivity index (χ3v) is 20.1. The van der Waals surface area contributed by atoms with Gasteiger partial charge in [-0.15, -0.1) is 0 Å². The molecule has 0 spiro atoms. The molecule has 1 unspecified atom stereocenters. The van der Waals surface area contributed by atoms with Crippen LogP contribution in [0.3, 0.4) is 0 Å². The van der Waals surface area contributed by atoms with Gasteiger partial charge in [0.1, 0.15) is 49.3 Å². The number of carbonyl (C=O) groups excluding carboxylic acids is 1. The number of methoxy groups -OCH3 is 3. The molecule has 5 aromatic carbocycles. The number of nitrogens with zero attached hydrogens (tertiary/aromatic N) is 3. The highest BCUT2D eigenvalue weighted by atomic mass is 31.2. The minimum atomic E-state index is -2.31. The molecule has 0 saturated carbocycles. The lowest BCUT2D eigenvalue weighted by molar-refractivity contribution is -0.118. The van der Waals surface area contributed by atoms with Gasteiger partial charge < -0.3 is 38.0 Å². The van der Waals surface area contributed by atoms with Gasteiger partial charge in [-0.25, -0.2) is 9.46 Å². The monoisotopic (exact) mass is 968 g/mol. The molecule has 0 radical (unpaired) electrons. The summed E-state index contributed by atoms with van der Waals surface area (Å²) in [4.78, 5) is 30.8. The number of fused-ring (bicyclic) bond motifs is 1. The van der Waals surface area contributed by atoms with E-state index < -0.39 is 52.4 Å². The smallest absolute Gasteiger partial charge is 0.351 e. The summed E-state index contributed by atoms with van der Waals surface area (Å²) in [6, 6.07) is 50.2. The highest BCUT2D eigenvalue weighted by Gasteiger charge is 2.55. The van der Waals surface area contributed by atoms with E-state index in [0.717, 1.165) is 42.1 Å². The number of aromatic nitrogens is 2. The van der Waals surface area contributed by atoms with Gasteiger partial charge in [0.2, 0.25) is 5.91 Å². The molecule has 0 bridgehead atoms. The maximum atomic E-state index is 14.0. The largest absolute Gasteiger partial charge is 0.497 e. The van der Waals surface area contributed by atoms with Gasteiger partial charge >= 0.3 is 5.69 Å². The van der Waals surface area contributed by atoms with Crippen LogP contribution in [-0.2, 0) is 33.7 Å². The van der Waals surface area contributed by atoms with Gasteiger partial charge in [-0.3, -0.25) is 9.36 Å². The first-order valence-corrected chi connectivity index (χ1v) is 27.5. The number of ether oxygens (including phenoxy) is 5. The molecular formula is C54H61N4O9PSi. The van der Waals surface area contributed by atoms with Gasteiger partial charge in [0, 0.05) is 31.8 Å². The summed E-state index contributed by atoms with van der Waals surface area (Å²) in [6.07, 6.45) is 0.170. The number of amides is 1. The predicted octanol–water partition coefficient (Wildman–Crippen LogP) is 8.14. The van der Waals surface area contributed by atoms with Crippen LogP contribution in [-0.4, -0.2) is 93.1 Å². The molecule has 13 nitrogen and oxygen atoms in total. The Labute approximate surface area is 406 Å². The SMILES string of the molecule is COc1ccc(C(OC[C@H]2O[C@@H](n3ccc(NC(=O)C(C)C)nc3=O)C(OC)[C@H]2O[P@@]2O[C@H](C[Si](C)(c3ccccc3)c3ccccc3)[C@@H]3CCCN32)(c2ccccc2)c2ccc(OC)cc2)cc1. The van der Waals surface area contributed by atoms with Crippen LogP contribution in [0, 0.1) is 5.92 Å². The molecule has 4 heterocycles. The van der Waals surface area contributed by atoms with Gasteiger partial charge in [-0.05, 0) is 65.9 Å². The second-order valence-corrected chi connectivity index (χ2v) is 24.0. The van der Waals surface area contributed by atoms with Crippen molar-refractivity contribution in [3.05, 3.63) is 179 Å². The molecule has 0 aliphatic carbocycles. The zero-order valence-corrected chi connectivity index (χ0v) is 41.9. The molecule has 69 heavy (non-hydrogen) atoms. The Kier molecular flexibility index (Phi) is 14.9. The van der Waals surface area contributed by atoms with Crippen molar-refractivity contribution < 1.29 is 37.5 Å². The van der Waals surface area contributed by atoms with Crippen molar-refractivity contribution >= 4 is 38.7 Å². The summed E-state index contributed by atoms with van der Waals surface area (Å²) in [7, 11) is 0.950. The summed E-state index contributed by atoms with van der Waals surface area (Å²) >= 11 is 0. The molecule has 3 fully saturated rings. The number of benzene rings is 5. The molecule has 1 amide bonds. The highest BCUT2D eigenvalue weighted by Crippen LogP contribution is 2.59. The number of nitrogens with one attached hydrogen (secondary N) is 1. The predicted molar refractivity (Wildman–Crippen MR) is 270 cm³/mol. The topological polar surface area (TPSA) is 132 Å². The van der Waals surface area contributed by atoms with E-state index in [-0.39, 0.29) is 36.4 Å². The highest BCUT2D eigenvalue weighted by molar-refractivity contribution is 7.45. The van der Waals surface area contributed by atoms with Crippen LogP contribution in [0.1, 0.15) is 49.6 Å². The maximum Gasteiger partial charge on any atom is 0.351 e. The number of carbonyl (C=O) groups is 1. The number of rotatable bonds is 18. The Morgan fingerprint density at radius 1 is 0.783 bits per heavy atom. The fraction of sp³-hybridized carbons (Fsp3) is 0.352. The van der Waals surface area contributed by atoms with Crippen molar-refractivity contribution in [2.45, 2.75) is 81.6 Å². The van der Waals surface area contributed by atoms with E-state index in [1.807, 2.05) is 66.7 Å². The molecule has 7 atom stereocenters. The molecule has 3 aliphatic rings. The molecule has 1 aromatic heterocycles. The lowest BCUT2D eigenvalue weighted by Gasteiger charge is -2.37. The van der Waals surface area contributed by atoms with Crippen LogP contribution >= 0.6 is 8.53 Å². The van der Waals surface area contributed by atoms with E-state index >= 15 is 0 Å². The van der Waals surface area contributed by atoms with E-state index in [1.54, 1.807) is 47.4 Å². The zero-order valence-electron chi connectivity index (χ0n) is 40.0. The van der Waals surface area contributed by atoms with Crippen molar-refractivity contribution in [2.24, 2.45) is 5.92 Å². The maximum absolute atomic E-state index is 14.0. The standard InChI is InChI=1S/C54H61N4O9PSi/c1-37(2)51(59)55-48-32-34-57(53(60)56-48)52-50(63-5)49(67-68-58-33-16-23-45(58)47(66-68)36-69(6,43-19-12-8-13-20-43)44-21-14-9-15-22-44)46(65-52)35-64-54(38-17-10-7-11-18-38,39-24-28-41(61-3)29-25-39)40-26-30-42(62-4)31-27-40/h7-15,17-22,24-32,34,37,45-47,49-50,52H,16,23,33,35-36H2,1-6H3,(H,55,56,59,60)/t45-,46+,47+,49-,50?,52+,68+/m0/s1. The normalized spacial score (nSPS) is 22.7. The first-order valence-electron chi connectivity index (χ1n) is 23.6. The minimum Gasteiger partial charge on any atom is -0.497 e. The third-order valence-electron chi connectivity index (χ3n) is 13.9. The number of hydrogen-bond donors (Lipinski definition) is 1. The number of hydrogen-bond acceptors (Lipinski definition) is 11. The van der Waals surface area contributed by atoms with Crippen molar-refractivity contribution in [1.82, 2.24) is 14.2 Å². The van der Waals surface area contributed by atoms with Crippen molar-refractivity contribution in [2.75, 3.05) is 39.8 Å². The Morgan fingerprint density at radius 2 is 1.35 bits per heavy atom. The van der Waals surface area contributed by atoms with Crippen LogP contribution in [0.15, 0.2) is 157 Å². The van der Waals surface area contributed by atoms with Crippen molar-refractivity contribution in [3.63, 3.8) is 0 Å². The lowest BCUT2D eigenvalue weighted by atomic mass is 9.80. The minimum absolute atomic E-state index is 0.00170. The summed E-state index contributed by atoms with van der Waals surface area (Å²) in [5.41, 5.74) is 0.792. The van der Waals surface area contributed by atoms with E-state index in [0.29, 0.717) is 11.5 Å². The molecule has 3 saturated heterocycles. The Morgan fingerprint density at radius 3 is 1.88 bits per heavy atom. The summed E-state index contributed by atoms with van der Waals surface area (Å²) in [6.45, 7) is 6.83. The van der Waals surface area contributed by atoms with Crippen LogP contribution in [0.2, 0.25) is 12.6 Å². The lowest BCUT2D eigenvalue weighted by Crippen LogP contribution is -2.58. The molecule has 9 rings (SSSR count).